The fraction of sp³-hybridized carbons (Fsp3) is 0.222. The second kappa shape index (κ2) is 9.54. The third-order valence-corrected chi connectivity index (χ3v) is 6.97. The predicted molar refractivity (Wildman–Crippen MR) is 134 cm³/mol. The molecule has 0 spiro atoms. The molecule has 3 aromatic rings. The Morgan fingerprint density at radius 1 is 0.971 bits per heavy atom. The van der Waals surface area contributed by atoms with E-state index in [1.165, 1.54) is 0 Å². The van der Waals surface area contributed by atoms with Crippen LogP contribution in [0, 0.1) is 11.8 Å². The number of benzene rings is 3. The highest BCUT2D eigenvalue weighted by atomic mass is 79.9. The number of carbonyl (C=O) groups is 3. The topological polar surface area (TPSA) is 105 Å². The van der Waals surface area contributed by atoms with Crippen molar-refractivity contribution in [2.45, 2.75) is 12.3 Å². The minimum atomic E-state index is -0.832. The van der Waals surface area contributed by atoms with Crippen LogP contribution in [-0.4, -0.2) is 36.2 Å². The molecule has 1 fully saturated rings. The Balaban J connectivity index is 1.21. The van der Waals surface area contributed by atoms with Crippen LogP contribution in [0.3, 0.4) is 0 Å². The Bertz CT molecular complexity index is 1280. The number of hydrogen-bond acceptors (Lipinski definition) is 4. The van der Waals surface area contributed by atoms with Gasteiger partial charge in [-0.3, -0.25) is 14.9 Å². The number of amides is 2. The van der Waals surface area contributed by atoms with E-state index in [1.54, 1.807) is 18.2 Å². The number of fused-ring (bicyclic) bond motifs is 3. The molecule has 1 saturated carbocycles. The van der Waals surface area contributed by atoms with Crippen LogP contribution in [0.2, 0.25) is 0 Å². The van der Waals surface area contributed by atoms with Gasteiger partial charge in [0.05, 0.1) is 5.92 Å². The van der Waals surface area contributed by atoms with Crippen molar-refractivity contribution >= 4 is 39.6 Å². The quantitative estimate of drug-likeness (QED) is 0.383. The molecule has 2 aliphatic rings. The molecule has 0 bridgehead atoms. The van der Waals surface area contributed by atoms with Crippen LogP contribution in [0.1, 0.15) is 33.8 Å². The molecule has 3 aromatic carbocycles. The summed E-state index contributed by atoms with van der Waals surface area (Å²) >= 11 is 3.37. The summed E-state index contributed by atoms with van der Waals surface area (Å²) in [6.45, 7) is 0.491. The summed E-state index contributed by atoms with van der Waals surface area (Å²) in [5.41, 5.74) is 5.33. The van der Waals surface area contributed by atoms with Gasteiger partial charge in [0, 0.05) is 28.2 Å². The van der Waals surface area contributed by atoms with Crippen LogP contribution in [0.5, 0.6) is 0 Å². The predicted octanol–water partition coefficient (Wildman–Crippen LogP) is 5.26. The van der Waals surface area contributed by atoms with Gasteiger partial charge in [-0.05, 0) is 52.8 Å². The highest BCUT2D eigenvalue weighted by Crippen LogP contribution is 2.44. The van der Waals surface area contributed by atoms with Crippen molar-refractivity contribution in [2.75, 3.05) is 18.5 Å². The SMILES string of the molecule is O=C(Nc1cc(Br)cc(C(=O)NCC2CC2C(=O)O)c1)OCC1c2ccccc2-c2ccccc21. The largest absolute Gasteiger partial charge is 0.481 e. The Labute approximate surface area is 210 Å². The molecule has 35 heavy (non-hydrogen) atoms. The standard InChI is InChI=1S/C27H23BrN2O5/c28-17-9-15(25(31)29-13-16-11-23(16)26(32)33)10-18(12-17)30-27(34)35-14-24-21-7-3-1-5-19(21)20-6-2-4-8-22(20)24/h1-10,12,16,23-24H,11,13-14H2,(H,29,31)(H,30,34)(H,32,33). The smallest absolute Gasteiger partial charge is 0.411 e. The van der Waals surface area contributed by atoms with Crippen LogP contribution >= 0.6 is 15.9 Å². The first-order valence-electron chi connectivity index (χ1n) is 11.3. The average Bonchev–Trinajstić information content (AvgIpc) is 3.56. The highest BCUT2D eigenvalue weighted by Gasteiger charge is 2.43. The molecule has 8 heteroatoms. The number of ether oxygens (including phenoxy) is 1. The third kappa shape index (κ3) is 4.93. The molecular formula is C27H23BrN2O5. The molecule has 2 unspecified atom stereocenters. The fourth-order valence-corrected chi connectivity index (χ4v) is 5.14. The molecule has 0 aromatic heterocycles. The van der Waals surface area contributed by atoms with Crippen LogP contribution < -0.4 is 10.6 Å². The lowest BCUT2D eigenvalue weighted by molar-refractivity contribution is -0.138. The van der Waals surface area contributed by atoms with E-state index in [1.807, 2.05) is 24.3 Å². The summed E-state index contributed by atoms with van der Waals surface area (Å²) in [6, 6.07) is 21.1. The number of carboxylic acids is 1. The normalized spacial score (nSPS) is 17.7. The number of aliphatic carboxylic acids is 1. The number of hydrogen-bond donors (Lipinski definition) is 3. The number of rotatable bonds is 7. The summed E-state index contributed by atoms with van der Waals surface area (Å²) in [4.78, 5) is 36.1. The molecular weight excluding hydrogens is 512 g/mol. The molecule has 0 radical (unpaired) electrons. The van der Waals surface area contributed by atoms with E-state index in [2.05, 4.69) is 50.8 Å². The highest BCUT2D eigenvalue weighted by molar-refractivity contribution is 9.10. The Hall–Kier alpha value is -3.65. The van der Waals surface area contributed by atoms with E-state index in [0.29, 0.717) is 28.7 Å². The van der Waals surface area contributed by atoms with Crippen molar-refractivity contribution in [3.63, 3.8) is 0 Å². The third-order valence-electron chi connectivity index (χ3n) is 6.51. The van der Waals surface area contributed by atoms with E-state index in [4.69, 9.17) is 9.84 Å². The van der Waals surface area contributed by atoms with E-state index >= 15 is 0 Å². The maximum absolute atomic E-state index is 12.6. The van der Waals surface area contributed by atoms with E-state index in [0.717, 1.165) is 22.3 Å². The lowest BCUT2D eigenvalue weighted by Gasteiger charge is -2.15. The van der Waals surface area contributed by atoms with Crippen molar-refractivity contribution in [1.82, 2.24) is 5.32 Å². The van der Waals surface area contributed by atoms with Gasteiger partial charge in [0.1, 0.15) is 6.61 Å². The van der Waals surface area contributed by atoms with Crippen LogP contribution in [-0.2, 0) is 9.53 Å². The zero-order valence-electron chi connectivity index (χ0n) is 18.7. The van der Waals surface area contributed by atoms with Crippen molar-refractivity contribution in [2.24, 2.45) is 11.8 Å². The van der Waals surface area contributed by atoms with Crippen molar-refractivity contribution in [3.05, 3.63) is 87.9 Å². The molecule has 0 heterocycles. The Morgan fingerprint density at radius 2 is 1.63 bits per heavy atom. The summed E-state index contributed by atoms with van der Waals surface area (Å²) < 4.78 is 6.20. The summed E-state index contributed by atoms with van der Waals surface area (Å²) in [5, 5.41) is 14.5. The minimum absolute atomic E-state index is 0.0398. The van der Waals surface area contributed by atoms with Crippen molar-refractivity contribution < 1.29 is 24.2 Å². The summed E-state index contributed by atoms with van der Waals surface area (Å²) in [6.07, 6.45) is -0.0403. The molecule has 178 valence electrons. The van der Waals surface area contributed by atoms with E-state index in [9.17, 15) is 14.4 Å². The minimum Gasteiger partial charge on any atom is -0.481 e. The van der Waals surface area contributed by atoms with Gasteiger partial charge < -0.3 is 15.2 Å². The molecule has 2 amide bonds. The zero-order chi connectivity index (χ0) is 24.5. The number of nitrogens with one attached hydrogen (secondary N) is 2. The first-order valence-corrected chi connectivity index (χ1v) is 12.1. The summed E-state index contributed by atoms with van der Waals surface area (Å²) in [5.74, 6) is -1.64. The molecule has 2 aliphatic carbocycles. The first kappa shape index (κ1) is 23.1. The molecule has 0 saturated heterocycles. The fourth-order valence-electron chi connectivity index (χ4n) is 4.65. The lowest BCUT2D eigenvalue weighted by atomic mass is 9.98. The zero-order valence-corrected chi connectivity index (χ0v) is 20.2. The maximum Gasteiger partial charge on any atom is 0.411 e. The van der Waals surface area contributed by atoms with Crippen molar-refractivity contribution in [3.8, 4) is 11.1 Å². The van der Waals surface area contributed by atoms with Crippen molar-refractivity contribution in [1.29, 1.82) is 0 Å². The molecule has 2 atom stereocenters. The van der Waals surface area contributed by atoms with Crippen LogP contribution in [0.4, 0.5) is 10.5 Å². The van der Waals surface area contributed by atoms with Gasteiger partial charge in [-0.25, -0.2) is 4.79 Å². The van der Waals surface area contributed by atoms with Gasteiger partial charge in [-0.2, -0.15) is 0 Å². The molecule has 3 N–H and O–H groups in total. The van der Waals surface area contributed by atoms with Gasteiger partial charge in [0.25, 0.3) is 5.91 Å². The number of anilines is 1. The second-order valence-corrected chi connectivity index (χ2v) is 9.75. The van der Waals surface area contributed by atoms with Gasteiger partial charge in [0.2, 0.25) is 0 Å². The Morgan fingerprint density at radius 3 is 2.26 bits per heavy atom. The van der Waals surface area contributed by atoms with Gasteiger partial charge >= 0.3 is 12.1 Å². The first-order chi connectivity index (χ1) is 16.9. The van der Waals surface area contributed by atoms with Gasteiger partial charge in [-0.1, -0.05) is 64.5 Å². The van der Waals surface area contributed by atoms with Gasteiger partial charge in [0.15, 0.2) is 0 Å². The molecule has 7 nitrogen and oxygen atoms in total. The molecule has 0 aliphatic heterocycles. The number of halogens is 1. The van der Waals surface area contributed by atoms with E-state index in [-0.39, 0.29) is 30.3 Å². The number of carbonyl (C=O) groups excluding carboxylic acids is 2. The molecule has 5 rings (SSSR count). The van der Waals surface area contributed by atoms with Crippen LogP contribution in [0.15, 0.2) is 71.2 Å². The summed E-state index contributed by atoms with van der Waals surface area (Å²) in [7, 11) is 0. The number of carboxylic acid groups (broad SMARTS) is 1. The van der Waals surface area contributed by atoms with Crippen LogP contribution in [0.25, 0.3) is 11.1 Å². The Kier molecular flexibility index (Phi) is 6.30. The second-order valence-electron chi connectivity index (χ2n) is 8.83. The van der Waals surface area contributed by atoms with Gasteiger partial charge in [-0.15, -0.1) is 0 Å². The average molecular weight is 535 g/mol. The lowest BCUT2D eigenvalue weighted by Crippen LogP contribution is -2.26. The van der Waals surface area contributed by atoms with E-state index < -0.39 is 12.1 Å². The maximum atomic E-state index is 12.6. The monoisotopic (exact) mass is 534 g/mol.